The first-order chi connectivity index (χ1) is 8.24. The molecular weight excluding hydrogens is 234 g/mol. The number of nitrogens with one attached hydrogen (secondary N) is 1. The van der Waals surface area contributed by atoms with Crippen molar-refractivity contribution in [1.29, 1.82) is 0 Å². The predicted octanol–water partition coefficient (Wildman–Crippen LogP) is 3.65. The molecule has 0 spiro atoms. The van der Waals surface area contributed by atoms with Crippen LogP contribution >= 0.6 is 11.6 Å². The van der Waals surface area contributed by atoms with Gasteiger partial charge in [-0.25, -0.2) is 0 Å². The van der Waals surface area contributed by atoms with Gasteiger partial charge in [-0.1, -0.05) is 23.7 Å². The Balaban J connectivity index is 1.79. The monoisotopic (exact) mass is 249 g/mol. The van der Waals surface area contributed by atoms with Gasteiger partial charge in [0, 0.05) is 24.0 Å². The maximum Gasteiger partial charge on any atom is 0.105 e. The van der Waals surface area contributed by atoms with Crippen molar-refractivity contribution in [3.63, 3.8) is 0 Å². The topological polar surface area (TPSA) is 25.2 Å². The Morgan fingerprint density at radius 1 is 1.24 bits per heavy atom. The van der Waals surface area contributed by atoms with E-state index in [1.807, 2.05) is 36.4 Å². The molecule has 1 N–H and O–H groups in total. The van der Waals surface area contributed by atoms with Crippen LogP contribution in [0.25, 0.3) is 0 Å². The molecule has 0 saturated carbocycles. The van der Waals surface area contributed by atoms with Gasteiger partial charge in [0.15, 0.2) is 0 Å². The maximum absolute atomic E-state index is 5.84. The molecule has 0 amide bonds. The lowest BCUT2D eigenvalue weighted by Crippen LogP contribution is -2.27. The summed E-state index contributed by atoms with van der Waals surface area (Å²) in [5.74, 6) is 1.01. The second-order valence-corrected chi connectivity index (χ2v) is 4.63. The summed E-state index contributed by atoms with van der Waals surface area (Å²) in [6.45, 7) is 3.00. The lowest BCUT2D eigenvalue weighted by molar-refractivity contribution is 0.456. The highest BCUT2D eigenvalue weighted by molar-refractivity contribution is 6.30. The molecule has 0 bridgehead atoms. The molecule has 2 rings (SSSR count). The fourth-order valence-electron chi connectivity index (χ4n) is 1.70. The first kappa shape index (κ1) is 12.2. The highest BCUT2D eigenvalue weighted by Crippen LogP contribution is 2.10. The Bertz CT molecular complexity index is 436. The van der Waals surface area contributed by atoms with E-state index in [1.165, 1.54) is 5.56 Å². The maximum atomic E-state index is 5.84. The summed E-state index contributed by atoms with van der Waals surface area (Å²) in [7, 11) is 0. The minimum atomic E-state index is 0.386. The van der Waals surface area contributed by atoms with Crippen molar-refractivity contribution >= 4 is 11.6 Å². The van der Waals surface area contributed by atoms with Gasteiger partial charge in [-0.05, 0) is 36.8 Å². The zero-order valence-electron chi connectivity index (χ0n) is 9.82. The SMILES string of the molecule is CC(Cc1ccco1)NCc1ccc(Cl)cc1. The smallest absolute Gasteiger partial charge is 0.105 e. The molecule has 1 heterocycles. The van der Waals surface area contributed by atoms with E-state index in [-0.39, 0.29) is 0 Å². The van der Waals surface area contributed by atoms with Gasteiger partial charge in [-0.15, -0.1) is 0 Å². The summed E-state index contributed by atoms with van der Waals surface area (Å²) in [6, 6.07) is 12.2. The third-order valence-electron chi connectivity index (χ3n) is 2.66. The minimum absolute atomic E-state index is 0.386. The van der Waals surface area contributed by atoms with E-state index < -0.39 is 0 Å². The quantitative estimate of drug-likeness (QED) is 0.875. The van der Waals surface area contributed by atoms with Crippen LogP contribution in [0.3, 0.4) is 0 Å². The van der Waals surface area contributed by atoms with Crippen LogP contribution in [-0.4, -0.2) is 6.04 Å². The lowest BCUT2D eigenvalue weighted by Gasteiger charge is -2.12. The summed E-state index contributed by atoms with van der Waals surface area (Å²) >= 11 is 5.84. The van der Waals surface area contributed by atoms with E-state index in [1.54, 1.807) is 6.26 Å². The van der Waals surface area contributed by atoms with Crippen molar-refractivity contribution in [1.82, 2.24) is 5.32 Å². The Kier molecular flexibility index (Phi) is 4.24. The van der Waals surface area contributed by atoms with Gasteiger partial charge in [0.2, 0.25) is 0 Å². The predicted molar refractivity (Wildman–Crippen MR) is 70.2 cm³/mol. The van der Waals surface area contributed by atoms with E-state index in [0.717, 1.165) is 23.7 Å². The normalized spacial score (nSPS) is 12.6. The van der Waals surface area contributed by atoms with Crippen molar-refractivity contribution in [3.8, 4) is 0 Å². The summed E-state index contributed by atoms with van der Waals surface area (Å²) in [5.41, 5.74) is 1.24. The Morgan fingerprint density at radius 2 is 2.00 bits per heavy atom. The standard InChI is InChI=1S/C14H16ClNO/c1-11(9-14-3-2-8-17-14)16-10-12-4-6-13(15)7-5-12/h2-8,11,16H,9-10H2,1H3. The molecule has 1 aromatic heterocycles. The molecule has 1 unspecified atom stereocenters. The van der Waals surface area contributed by atoms with Crippen molar-refractivity contribution < 1.29 is 4.42 Å². The van der Waals surface area contributed by atoms with Crippen molar-refractivity contribution in [2.45, 2.75) is 25.9 Å². The fraction of sp³-hybridized carbons (Fsp3) is 0.286. The number of rotatable bonds is 5. The fourth-order valence-corrected chi connectivity index (χ4v) is 1.82. The van der Waals surface area contributed by atoms with Gasteiger partial charge in [-0.3, -0.25) is 0 Å². The number of benzene rings is 1. The van der Waals surface area contributed by atoms with Gasteiger partial charge in [0.05, 0.1) is 6.26 Å². The molecular formula is C14H16ClNO. The molecule has 2 nitrogen and oxygen atoms in total. The molecule has 0 fully saturated rings. The van der Waals surface area contributed by atoms with Crippen LogP contribution in [-0.2, 0) is 13.0 Å². The minimum Gasteiger partial charge on any atom is -0.469 e. The molecule has 2 aromatic rings. The largest absolute Gasteiger partial charge is 0.469 e. The second kappa shape index (κ2) is 5.89. The van der Waals surface area contributed by atoms with Gasteiger partial charge in [-0.2, -0.15) is 0 Å². The van der Waals surface area contributed by atoms with E-state index >= 15 is 0 Å². The molecule has 0 aliphatic carbocycles. The summed E-state index contributed by atoms with van der Waals surface area (Å²) < 4.78 is 5.31. The molecule has 0 radical (unpaired) electrons. The van der Waals surface area contributed by atoms with Gasteiger partial charge >= 0.3 is 0 Å². The van der Waals surface area contributed by atoms with Crippen LogP contribution in [0.4, 0.5) is 0 Å². The van der Waals surface area contributed by atoms with Crippen LogP contribution in [0, 0.1) is 0 Å². The summed E-state index contributed by atoms with van der Waals surface area (Å²) in [4.78, 5) is 0. The van der Waals surface area contributed by atoms with E-state index in [0.29, 0.717) is 6.04 Å². The third-order valence-corrected chi connectivity index (χ3v) is 2.91. The molecule has 1 aromatic carbocycles. The summed E-state index contributed by atoms with van der Waals surface area (Å²) in [6.07, 6.45) is 2.61. The van der Waals surface area contributed by atoms with Gasteiger partial charge in [0.1, 0.15) is 5.76 Å². The molecule has 90 valence electrons. The Morgan fingerprint density at radius 3 is 2.65 bits per heavy atom. The van der Waals surface area contributed by atoms with Crippen molar-refractivity contribution in [2.75, 3.05) is 0 Å². The van der Waals surface area contributed by atoms with Gasteiger partial charge < -0.3 is 9.73 Å². The molecule has 1 atom stereocenters. The zero-order valence-corrected chi connectivity index (χ0v) is 10.6. The van der Waals surface area contributed by atoms with Crippen LogP contribution in [0.1, 0.15) is 18.2 Å². The van der Waals surface area contributed by atoms with Crippen LogP contribution in [0.15, 0.2) is 47.1 Å². The van der Waals surface area contributed by atoms with Crippen LogP contribution < -0.4 is 5.32 Å². The average molecular weight is 250 g/mol. The average Bonchev–Trinajstić information content (AvgIpc) is 2.81. The molecule has 17 heavy (non-hydrogen) atoms. The molecule has 0 saturated heterocycles. The van der Waals surface area contributed by atoms with E-state index in [2.05, 4.69) is 12.2 Å². The Hall–Kier alpha value is -1.25. The summed E-state index contributed by atoms with van der Waals surface area (Å²) in [5, 5.41) is 4.23. The highest BCUT2D eigenvalue weighted by Gasteiger charge is 2.04. The molecule has 0 aliphatic heterocycles. The first-order valence-electron chi connectivity index (χ1n) is 5.74. The Labute approximate surface area is 107 Å². The molecule has 3 heteroatoms. The van der Waals surface area contributed by atoms with E-state index in [4.69, 9.17) is 16.0 Å². The first-order valence-corrected chi connectivity index (χ1v) is 6.12. The van der Waals surface area contributed by atoms with Crippen LogP contribution in [0.2, 0.25) is 5.02 Å². The number of halogens is 1. The van der Waals surface area contributed by atoms with Crippen molar-refractivity contribution in [2.24, 2.45) is 0 Å². The highest BCUT2D eigenvalue weighted by atomic mass is 35.5. The number of furan rings is 1. The van der Waals surface area contributed by atoms with Crippen molar-refractivity contribution in [3.05, 3.63) is 59.0 Å². The lowest BCUT2D eigenvalue weighted by atomic mass is 10.1. The van der Waals surface area contributed by atoms with E-state index in [9.17, 15) is 0 Å². The number of hydrogen-bond donors (Lipinski definition) is 1. The third kappa shape index (κ3) is 3.91. The van der Waals surface area contributed by atoms with Crippen LogP contribution in [0.5, 0.6) is 0 Å². The number of hydrogen-bond acceptors (Lipinski definition) is 2. The van der Waals surface area contributed by atoms with Gasteiger partial charge in [0.25, 0.3) is 0 Å². The molecule has 0 aliphatic rings. The second-order valence-electron chi connectivity index (χ2n) is 4.19. The zero-order chi connectivity index (χ0) is 12.1.